The molecular weight excluding hydrogens is 456 g/mol. The molecule has 0 fully saturated rings. The summed E-state index contributed by atoms with van der Waals surface area (Å²) in [6.07, 6.45) is 1.52. The van der Waals surface area contributed by atoms with Crippen LogP contribution in [0, 0.1) is 6.92 Å². The molecule has 0 unspecified atom stereocenters. The quantitative estimate of drug-likeness (QED) is 0.226. The molecule has 7 nitrogen and oxygen atoms in total. The van der Waals surface area contributed by atoms with Crippen molar-refractivity contribution in [1.82, 2.24) is 5.43 Å². The number of hydrogen-bond donors (Lipinski definition) is 1. The van der Waals surface area contributed by atoms with Gasteiger partial charge in [0.1, 0.15) is 19.0 Å². The van der Waals surface area contributed by atoms with Crippen molar-refractivity contribution in [2.45, 2.75) is 6.92 Å². The molecule has 0 saturated heterocycles. The first kappa shape index (κ1) is 25.1. The van der Waals surface area contributed by atoms with Crippen LogP contribution in [0.25, 0.3) is 0 Å². The number of halogens is 1. The second-order valence-corrected chi connectivity index (χ2v) is 7.68. The summed E-state index contributed by atoms with van der Waals surface area (Å²) < 4.78 is 22.3. The van der Waals surface area contributed by atoms with Crippen molar-refractivity contribution >= 4 is 23.7 Å². The number of carbonyl (C=O) groups is 1. The Bertz CT molecular complexity index is 1100. The molecule has 0 spiro atoms. The van der Waals surface area contributed by atoms with E-state index < -0.39 is 0 Å². The van der Waals surface area contributed by atoms with E-state index in [1.165, 1.54) is 11.8 Å². The summed E-state index contributed by atoms with van der Waals surface area (Å²) in [4.78, 5) is 12.1. The van der Waals surface area contributed by atoms with Gasteiger partial charge in [0.15, 0.2) is 11.5 Å². The van der Waals surface area contributed by atoms with Crippen LogP contribution in [-0.2, 0) is 4.74 Å². The van der Waals surface area contributed by atoms with Gasteiger partial charge < -0.3 is 18.9 Å². The first-order valence-electron chi connectivity index (χ1n) is 10.7. The van der Waals surface area contributed by atoms with E-state index in [0.29, 0.717) is 48.5 Å². The maximum Gasteiger partial charge on any atom is 0.271 e. The van der Waals surface area contributed by atoms with Crippen LogP contribution < -0.4 is 19.6 Å². The molecule has 1 amide bonds. The van der Waals surface area contributed by atoms with Gasteiger partial charge in [0.25, 0.3) is 5.91 Å². The van der Waals surface area contributed by atoms with Crippen molar-refractivity contribution in [1.29, 1.82) is 0 Å². The Morgan fingerprint density at radius 2 is 1.71 bits per heavy atom. The Hall–Kier alpha value is -3.55. The second-order valence-electron chi connectivity index (χ2n) is 7.24. The van der Waals surface area contributed by atoms with Crippen LogP contribution in [0.15, 0.2) is 71.8 Å². The summed E-state index contributed by atoms with van der Waals surface area (Å²) in [6, 6.07) is 19.9. The van der Waals surface area contributed by atoms with Crippen LogP contribution in [0.1, 0.15) is 21.5 Å². The molecule has 0 heterocycles. The van der Waals surface area contributed by atoms with Gasteiger partial charge in [-0.05, 0) is 61.0 Å². The third-order valence-corrected chi connectivity index (χ3v) is 4.89. The van der Waals surface area contributed by atoms with Crippen LogP contribution in [0.4, 0.5) is 0 Å². The Labute approximate surface area is 204 Å². The van der Waals surface area contributed by atoms with Crippen molar-refractivity contribution in [3.05, 3.63) is 88.4 Å². The van der Waals surface area contributed by atoms with Gasteiger partial charge in [-0.3, -0.25) is 4.79 Å². The van der Waals surface area contributed by atoms with Crippen LogP contribution in [0.3, 0.4) is 0 Å². The highest BCUT2D eigenvalue weighted by Gasteiger charge is 2.07. The van der Waals surface area contributed by atoms with Crippen LogP contribution in [-0.4, -0.2) is 45.7 Å². The Morgan fingerprint density at radius 3 is 2.44 bits per heavy atom. The maximum absolute atomic E-state index is 12.1. The van der Waals surface area contributed by atoms with E-state index in [-0.39, 0.29) is 5.91 Å². The number of nitrogens with zero attached hydrogens (tertiary/aromatic N) is 1. The normalized spacial score (nSPS) is 10.8. The lowest BCUT2D eigenvalue weighted by molar-refractivity contribution is 0.0757. The lowest BCUT2D eigenvalue weighted by Crippen LogP contribution is -2.17. The maximum atomic E-state index is 12.1. The van der Waals surface area contributed by atoms with Crippen molar-refractivity contribution in [2.75, 3.05) is 33.5 Å². The first-order chi connectivity index (χ1) is 16.5. The van der Waals surface area contributed by atoms with Gasteiger partial charge in [-0.2, -0.15) is 5.10 Å². The number of carbonyl (C=O) groups excluding carboxylic acids is 1. The molecule has 1 N–H and O–H groups in total. The summed E-state index contributed by atoms with van der Waals surface area (Å²) in [6.45, 7) is 3.74. The molecule has 3 aromatic rings. The third kappa shape index (κ3) is 8.10. The van der Waals surface area contributed by atoms with E-state index in [1.54, 1.807) is 43.5 Å². The van der Waals surface area contributed by atoms with E-state index in [0.717, 1.165) is 11.3 Å². The van der Waals surface area contributed by atoms with Gasteiger partial charge in [0, 0.05) is 10.6 Å². The first-order valence-corrected chi connectivity index (χ1v) is 11.1. The molecule has 0 aliphatic carbocycles. The second kappa shape index (κ2) is 13.2. The van der Waals surface area contributed by atoms with Crippen LogP contribution in [0.2, 0.25) is 5.02 Å². The van der Waals surface area contributed by atoms with Gasteiger partial charge in [0.05, 0.1) is 26.5 Å². The van der Waals surface area contributed by atoms with Crippen molar-refractivity contribution in [3.8, 4) is 17.2 Å². The monoisotopic (exact) mass is 482 g/mol. The molecule has 0 aliphatic rings. The molecule has 0 aromatic heterocycles. The fraction of sp³-hybridized carbons (Fsp3) is 0.231. The number of amides is 1. The van der Waals surface area contributed by atoms with Gasteiger partial charge in [-0.15, -0.1) is 0 Å². The molecule has 0 aliphatic heterocycles. The molecular formula is C26H27ClN2O5. The fourth-order valence-corrected chi connectivity index (χ4v) is 3.10. The third-order valence-electron chi connectivity index (χ3n) is 4.66. The highest BCUT2D eigenvalue weighted by atomic mass is 35.5. The van der Waals surface area contributed by atoms with Crippen LogP contribution >= 0.6 is 11.6 Å². The molecule has 0 atom stereocenters. The minimum absolute atomic E-state index is 0.352. The summed E-state index contributed by atoms with van der Waals surface area (Å²) in [5.74, 6) is 1.60. The molecule has 0 saturated carbocycles. The number of hydrogen-bond acceptors (Lipinski definition) is 6. The molecule has 3 aromatic carbocycles. The van der Waals surface area contributed by atoms with Crippen molar-refractivity contribution < 1.29 is 23.7 Å². The summed E-state index contributed by atoms with van der Waals surface area (Å²) in [7, 11) is 1.56. The Balaban J connectivity index is 1.39. The fourth-order valence-electron chi connectivity index (χ4n) is 2.91. The number of hydrazone groups is 1. The number of methoxy groups -OCH3 is 1. The largest absolute Gasteiger partial charge is 0.493 e. The van der Waals surface area contributed by atoms with Gasteiger partial charge in [-0.25, -0.2) is 5.43 Å². The lowest BCUT2D eigenvalue weighted by atomic mass is 10.2. The molecule has 34 heavy (non-hydrogen) atoms. The predicted molar refractivity (Wildman–Crippen MR) is 132 cm³/mol. The smallest absolute Gasteiger partial charge is 0.271 e. The van der Waals surface area contributed by atoms with E-state index in [4.69, 9.17) is 30.5 Å². The molecule has 0 radical (unpaired) electrons. The topological polar surface area (TPSA) is 78.4 Å². The van der Waals surface area contributed by atoms with Crippen molar-refractivity contribution in [3.63, 3.8) is 0 Å². The van der Waals surface area contributed by atoms with Crippen LogP contribution in [0.5, 0.6) is 17.2 Å². The van der Waals surface area contributed by atoms with E-state index >= 15 is 0 Å². The average Bonchev–Trinajstić information content (AvgIpc) is 2.85. The summed E-state index contributed by atoms with van der Waals surface area (Å²) in [5, 5.41) is 4.47. The number of rotatable bonds is 12. The highest BCUT2D eigenvalue weighted by molar-refractivity contribution is 6.30. The standard InChI is InChI=1S/C26H27ClN2O5/c1-19-6-9-23(10-7-19)33-14-12-32-13-15-34-24-11-8-20(16-25(24)31-2)18-28-29-26(30)21-4-3-5-22(27)17-21/h3-11,16-18H,12-15H2,1-2H3,(H,29,30)/b28-18-. The zero-order chi connectivity index (χ0) is 24.2. The predicted octanol–water partition coefficient (Wildman–Crippen LogP) is 4.90. The van der Waals surface area contributed by atoms with E-state index in [9.17, 15) is 4.79 Å². The number of nitrogens with one attached hydrogen (secondary N) is 1. The van der Waals surface area contributed by atoms with Gasteiger partial charge in [0.2, 0.25) is 0 Å². The Morgan fingerprint density at radius 1 is 0.941 bits per heavy atom. The minimum atomic E-state index is -0.352. The minimum Gasteiger partial charge on any atom is -0.493 e. The molecule has 8 heteroatoms. The molecule has 3 rings (SSSR count). The molecule has 0 bridgehead atoms. The number of ether oxygens (including phenoxy) is 4. The summed E-state index contributed by atoms with van der Waals surface area (Å²) >= 11 is 5.90. The SMILES string of the molecule is COc1cc(/C=N\NC(=O)c2cccc(Cl)c2)ccc1OCCOCCOc1ccc(C)cc1. The number of benzene rings is 3. The van der Waals surface area contributed by atoms with Gasteiger partial charge >= 0.3 is 0 Å². The zero-order valence-electron chi connectivity index (χ0n) is 19.1. The van der Waals surface area contributed by atoms with E-state index in [2.05, 4.69) is 10.5 Å². The summed E-state index contributed by atoms with van der Waals surface area (Å²) in [5.41, 5.74) is 4.83. The Kier molecular flexibility index (Phi) is 9.76. The number of aryl methyl sites for hydroxylation is 1. The van der Waals surface area contributed by atoms with E-state index in [1.807, 2.05) is 37.3 Å². The van der Waals surface area contributed by atoms with Gasteiger partial charge in [-0.1, -0.05) is 35.4 Å². The lowest BCUT2D eigenvalue weighted by Gasteiger charge is -2.12. The molecule has 178 valence electrons. The van der Waals surface area contributed by atoms with Crippen molar-refractivity contribution in [2.24, 2.45) is 5.10 Å². The highest BCUT2D eigenvalue weighted by Crippen LogP contribution is 2.27. The average molecular weight is 483 g/mol. The zero-order valence-corrected chi connectivity index (χ0v) is 19.9.